The van der Waals surface area contributed by atoms with Gasteiger partial charge in [-0.05, 0) is 37.7 Å². The number of carbonyl (C=O) groups is 2. The zero-order valence-electron chi connectivity index (χ0n) is 13.7. The molecule has 2 atom stereocenters. The second kappa shape index (κ2) is 6.15. The first kappa shape index (κ1) is 15.5. The highest BCUT2D eigenvalue weighted by Crippen LogP contribution is 2.33. The molecule has 5 nitrogen and oxygen atoms in total. The Morgan fingerprint density at radius 3 is 2.67 bits per heavy atom. The van der Waals surface area contributed by atoms with Crippen LogP contribution < -0.4 is 0 Å². The van der Waals surface area contributed by atoms with Gasteiger partial charge in [0.15, 0.2) is 5.82 Å². The topological polar surface area (TPSA) is 53.5 Å². The van der Waals surface area contributed by atoms with Crippen LogP contribution in [-0.2, 0) is 4.79 Å². The predicted molar refractivity (Wildman–Crippen MR) is 85.7 cm³/mol. The molecule has 128 valence electrons. The number of piperidine rings is 1. The van der Waals surface area contributed by atoms with Crippen molar-refractivity contribution < 1.29 is 14.0 Å². The summed E-state index contributed by atoms with van der Waals surface area (Å²) < 4.78 is 13.9. The van der Waals surface area contributed by atoms with Crippen LogP contribution in [0.25, 0.3) is 0 Å². The fourth-order valence-corrected chi connectivity index (χ4v) is 4.13. The Morgan fingerprint density at radius 1 is 1.12 bits per heavy atom. The number of amides is 2. The van der Waals surface area contributed by atoms with E-state index in [1.54, 1.807) is 4.90 Å². The van der Waals surface area contributed by atoms with E-state index >= 15 is 0 Å². The van der Waals surface area contributed by atoms with Gasteiger partial charge in [0.25, 0.3) is 5.91 Å². The Labute approximate surface area is 140 Å². The van der Waals surface area contributed by atoms with Crippen LogP contribution in [0, 0.1) is 17.7 Å². The van der Waals surface area contributed by atoms with Gasteiger partial charge in [0.2, 0.25) is 5.91 Å². The van der Waals surface area contributed by atoms with Gasteiger partial charge < -0.3 is 9.80 Å². The third-order valence-corrected chi connectivity index (χ3v) is 5.74. The maximum absolute atomic E-state index is 13.9. The molecule has 0 N–H and O–H groups in total. The molecule has 3 aliphatic heterocycles. The van der Waals surface area contributed by atoms with E-state index < -0.39 is 5.82 Å². The smallest absolute Gasteiger partial charge is 0.257 e. The Hall–Kier alpha value is -1.98. The van der Waals surface area contributed by atoms with Gasteiger partial charge in [-0.15, -0.1) is 0 Å². The van der Waals surface area contributed by atoms with E-state index in [2.05, 4.69) is 4.98 Å². The molecule has 0 aromatic carbocycles. The van der Waals surface area contributed by atoms with Crippen LogP contribution in [0.5, 0.6) is 0 Å². The van der Waals surface area contributed by atoms with Gasteiger partial charge in [0, 0.05) is 37.8 Å². The van der Waals surface area contributed by atoms with E-state index in [4.69, 9.17) is 0 Å². The predicted octanol–water partition coefficient (Wildman–Crippen LogP) is 2.08. The lowest BCUT2D eigenvalue weighted by molar-refractivity contribution is -0.138. The van der Waals surface area contributed by atoms with Gasteiger partial charge in [-0.3, -0.25) is 14.6 Å². The molecule has 1 aromatic heterocycles. The summed E-state index contributed by atoms with van der Waals surface area (Å²) in [5.41, 5.74) is 0.0782. The third kappa shape index (κ3) is 2.68. The number of hydrogen-bond donors (Lipinski definition) is 0. The number of fused-ring (bicyclic) bond motifs is 4. The van der Waals surface area contributed by atoms with E-state index in [0.717, 1.165) is 44.8 Å². The van der Waals surface area contributed by atoms with Crippen LogP contribution in [0.1, 0.15) is 42.5 Å². The quantitative estimate of drug-likeness (QED) is 0.834. The average molecular weight is 331 g/mol. The van der Waals surface area contributed by atoms with E-state index in [-0.39, 0.29) is 29.3 Å². The zero-order chi connectivity index (χ0) is 16.7. The summed E-state index contributed by atoms with van der Waals surface area (Å²) in [6.07, 6.45) is 7.57. The molecule has 0 spiro atoms. The third-order valence-electron chi connectivity index (χ3n) is 5.74. The minimum atomic E-state index is -0.579. The molecular formula is C18H22FN3O2. The second-order valence-electron chi connectivity index (χ2n) is 7.28. The number of halogens is 1. The van der Waals surface area contributed by atoms with E-state index in [1.165, 1.54) is 12.3 Å². The van der Waals surface area contributed by atoms with Crippen molar-refractivity contribution in [2.24, 2.45) is 11.8 Å². The lowest BCUT2D eigenvalue weighted by Crippen LogP contribution is -2.48. The Kier molecular flexibility index (Phi) is 3.98. The van der Waals surface area contributed by atoms with Gasteiger partial charge in [0.1, 0.15) is 0 Å². The Bertz CT molecular complexity index is 661. The highest BCUT2D eigenvalue weighted by Gasteiger charge is 2.41. The van der Waals surface area contributed by atoms with Gasteiger partial charge in [-0.2, -0.15) is 0 Å². The monoisotopic (exact) mass is 331 g/mol. The molecule has 5 rings (SSSR count). The zero-order valence-corrected chi connectivity index (χ0v) is 13.7. The fourth-order valence-electron chi connectivity index (χ4n) is 4.13. The molecule has 4 fully saturated rings. The highest BCUT2D eigenvalue weighted by molar-refractivity contribution is 5.94. The molecule has 1 saturated carbocycles. The van der Waals surface area contributed by atoms with Crippen LogP contribution in [0.4, 0.5) is 4.39 Å². The molecule has 3 saturated heterocycles. The molecule has 4 heterocycles. The Balaban J connectivity index is 1.53. The molecule has 2 amide bonds. The van der Waals surface area contributed by atoms with Crippen LogP contribution >= 0.6 is 0 Å². The summed E-state index contributed by atoms with van der Waals surface area (Å²) in [4.78, 5) is 32.9. The van der Waals surface area contributed by atoms with Crippen molar-refractivity contribution in [2.75, 3.05) is 19.6 Å². The average Bonchev–Trinajstić information content (AvgIpc) is 2.85. The first-order valence-electron chi connectivity index (χ1n) is 8.82. The fraction of sp³-hybridized carbons (Fsp3) is 0.611. The molecule has 0 radical (unpaired) electrons. The van der Waals surface area contributed by atoms with Gasteiger partial charge >= 0.3 is 0 Å². The van der Waals surface area contributed by atoms with Crippen molar-refractivity contribution in [3.63, 3.8) is 0 Å². The summed E-state index contributed by atoms with van der Waals surface area (Å²) in [5, 5.41) is 0. The van der Waals surface area contributed by atoms with E-state index in [1.807, 2.05) is 4.90 Å². The van der Waals surface area contributed by atoms with Crippen molar-refractivity contribution >= 4 is 11.8 Å². The lowest BCUT2D eigenvalue weighted by atomic mass is 9.84. The van der Waals surface area contributed by atoms with Gasteiger partial charge in [0.05, 0.1) is 11.8 Å². The lowest BCUT2D eigenvalue weighted by Gasteiger charge is -2.36. The number of pyridine rings is 1. The van der Waals surface area contributed by atoms with Crippen molar-refractivity contribution in [3.8, 4) is 0 Å². The summed E-state index contributed by atoms with van der Waals surface area (Å²) in [6, 6.07) is 1.43. The van der Waals surface area contributed by atoms with Crippen molar-refractivity contribution in [1.82, 2.24) is 14.8 Å². The first-order chi connectivity index (χ1) is 11.6. The molecule has 1 aromatic rings. The SMILES string of the molecule is O=C(C1CCC1)N1C[C@H]2CC[C@@H](C1)N(C(=O)c1ccncc1F)C2. The van der Waals surface area contributed by atoms with Gasteiger partial charge in [-0.1, -0.05) is 6.42 Å². The van der Waals surface area contributed by atoms with Crippen molar-refractivity contribution in [3.05, 3.63) is 29.8 Å². The van der Waals surface area contributed by atoms with Crippen LogP contribution in [0.2, 0.25) is 0 Å². The minimum absolute atomic E-state index is 0.00663. The highest BCUT2D eigenvalue weighted by atomic mass is 19.1. The number of hydrogen-bond acceptors (Lipinski definition) is 3. The van der Waals surface area contributed by atoms with Gasteiger partial charge in [-0.25, -0.2) is 4.39 Å². The maximum atomic E-state index is 13.9. The molecule has 0 unspecified atom stereocenters. The molecule has 1 aliphatic carbocycles. The summed E-state index contributed by atoms with van der Waals surface area (Å²) in [5.74, 6) is -0.124. The molecule has 2 bridgehead atoms. The van der Waals surface area contributed by atoms with Crippen LogP contribution in [0.15, 0.2) is 18.5 Å². The molecule has 6 heteroatoms. The van der Waals surface area contributed by atoms with Crippen LogP contribution in [0.3, 0.4) is 0 Å². The summed E-state index contributed by atoms with van der Waals surface area (Å²) in [7, 11) is 0. The number of nitrogens with zero attached hydrogens (tertiary/aromatic N) is 3. The molecular weight excluding hydrogens is 309 g/mol. The minimum Gasteiger partial charge on any atom is -0.340 e. The van der Waals surface area contributed by atoms with Crippen LogP contribution in [-0.4, -0.2) is 52.3 Å². The summed E-state index contributed by atoms with van der Waals surface area (Å²) in [6.45, 7) is 1.93. The standard InChI is InChI=1S/C18H22FN3O2/c19-16-8-20-7-6-15(16)18(24)22-10-12-4-5-14(22)11-21(9-12)17(23)13-2-1-3-13/h6-8,12-14H,1-5,9-11H2/t12-,14+/m1/s1. The molecule has 4 aliphatic rings. The second-order valence-corrected chi connectivity index (χ2v) is 7.28. The first-order valence-corrected chi connectivity index (χ1v) is 8.82. The largest absolute Gasteiger partial charge is 0.340 e. The molecule has 24 heavy (non-hydrogen) atoms. The Morgan fingerprint density at radius 2 is 1.96 bits per heavy atom. The number of aromatic nitrogens is 1. The van der Waals surface area contributed by atoms with E-state index in [0.29, 0.717) is 19.0 Å². The normalized spacial score (nSPS) is 26.9. The van der Waals surface area contributed by atoms with E-state index in [9.17, 15) is 14.0 Å². The number of carbonyl (C=O) groups excluding carboxylic acids is 2. The summed E-state index contributed by atoms with van der Waals surface area (Å²) >= 11 is 0. The van der Waals surface area contributed by atoms with Crippen molar-refractivity contribution in [2.45, 2.75) is 38.1 Å². The van der Waals surface area contributed by atoms with Crippen molar-refractivity contribution in [1.29, 1.82) is 0 Å². The number of rotatable bonds is 2. The maximum Gasteiger partial charge on any atom is 0.257 e.